The van der Waals surface area contributed by atoms with Crippen LogP contribution in [-0.4, -0.2) is 23.7 Å². The van der Waals surface area contributed by atoms with Crippen LogP contribution in [0.5, 0.6) is 11.5 Å². The van der Waals surface area contributed by atoms with E-state index in [0.717, 1.165) is 11.3 Å². The number of fused-ring (bicyclic) bond motifs is 5. The molecule has 5 nitrogen and oxygen atoms in total. The molecular weight excluding hydrogens is 352 g/mol. The summed E-state index contributed by atoms with van der Waals surface area (Å²) in [5.41, 5.74) is 2.35. The largest absolute Gasteiger partial charge is 0.477 e. The summed E-state index contributed by atoms with van der Waals surface area (Å²) in [4.78, 5) is 24.8. The molecule has 1 aromatic heterocycles. The number of hydrogen-bond acceptors (Lipinski definition) is 5. The third-order valence-corrected chi connectivity index (χ3v) is 5.25. The summed E-state index contributed by atoms with van der Waals surface area (Å²) in [6.07, 6.45) is 0. The summed E-state index contributed by atoms with van der Waals surface area (Å²) >= 11 is 0.938. The van der Waals surface area contributed by atoms with E-state index in [0.29, 0.717) is 33.8 Å². The van der Waals surface area contributed by atoms with Gasteiger partial charge in [0.1, 0.15) is 21.3 Å². The van der Waals surface area contributed by atoms with Gasteiger partial charge in [0.05, 0.1) is 6.61 Å². The molecule has 1 N–H and O–H groups in total. The van der Waals surface area contributed by atoms with Crippen LogP contribution in [0.25, 0.3) is 22.3 Å². The lowest BCUT2D eigenvalue weighted by Crippen LogP contribution is -2.03. The zero-order valence-corrected chi connectivity index (χ0v) is 14.6. The highest BCUT2D eigenvalue weighted by Crippen LogP contribution is 2.52. The summed E-state index contributed by atoms with van der Waals surface area (Å²) in [5, 5.41) is 9.75. The third kappa shape index (κ3) is 2.46. The van der Waals surface area contributed by atoms with Crippen molar-refractivity contribution in [2.24, 2.45) is 0 Å². The van der Waals surface area contributed by atoms with Crippen molar-refractivity contribution >= 4 is 23.3 Å². The average molecular weight is 366 g/mol. The SMILES string of the molecule is CCOC(=O)c1sc(C(=O)O)c2c1-c1ccccc1Oc1ccccc1-2. The van der Waals surface area contributed by atoms with Gasteiger partial charge in [-0.05, 0) is 19.1 Å². The van der Waals surface area contributed by atoms with Crippen LogP contribution in [0.3, 0.4) is 0 Å². The number of hydrogen-bond donors (Lipinski definition) is 1. The van der Waals surface area contributed by atoms with Crippen molar-refractivity contribution in [3.63, 3.8) is 0 Å². The number of carbonyl (C=O) groups excluding carboxylic acids is 1. The summed E-state index contributed by atoms with van der Waals surface area (Å²) in [5.74, 6) is -0.500. The molecule has 26 heavy (non-hydrogen) atoms. The van der Waals surface area contributed by atoms with Gasteiger partial charge in [0.25, 0.3) is 0 Å². The normalized spacial score (nSPS) is 11.4. The molecule has 0 atom stereocenters. The molecule has 0 amide bonds. The molecule has 0 fully saturated rings. The Hall–Kier alpha value is -3.12. The number of aromatic carboxylic acids is 1. The van der Waals surface area contributed by atoms with E-state index in [1.807, 2.05) is 30.3 Å². The maximum absolute atomic E-state index is 12.5. The fourth-order valence-electron chi connectivity index (χ4n) is 3.08. The number of ether oxygens (including phenoxy) is 2. The molecule has 1 aliphatic heterocycles. The zero-order valence-electron chi connectivity index (χ0n) is 13.8. The van der Waals surface area contributed by atoms with Crippen LogP contribution in [0.1, 0.15) is 26.3 Å². The summed E-state index contributed by atoms with van der Waals surface area (Å²) in [6.45, 7) is 1.93. The molecule has 0 spiro atoms. The van der Waals surface area contributed by atoms with Crippen molar-refractivity contribution in [1.82, 2.24) is 0 Å². The van der Waals surface area contributed by atoms with Crippen molar-refractivity contribution in [1.29, 1.82) is 0 Å². The maximum atomic E-state index is 12.5. The van der Waals surface area contributed by atoms with E-state index in [4.69, 9.17) is 9.47 Å². The van der Waals surface area contributed by atoms with Crippen molar-refractivity contribution in [2.75, 3.05) is 6.61 Å². The number of carbonyl (C=O) groups is 2. The van der Waals surface area contributed by atoms with Gasteiger partial charge < -0.3 is 14.6 Å². The first-order valence-corrected chi connectivity index (χ1v) is 8.87. The molecule has 0 saturated carbocycles. The van der Waals surface area contributed by atoms with Gasteiger partial charge >= 0.3 is 11.9 Å². The predicted molar refractivity (Wildman–Crippen MR) is 98.2 cm³/mol. The van der Waals surface area contributed by atoms with Gasteiger partial charge in [0, 0.05) is 22.3 Å². The minimum absolute atomic E-state index is 0.0933. The van der Waals surface area contributed by atoms with Crippen LogP contribution >= 0.6 is 11.3 Å². The Morgan fingerprint density at radius 2 is 1.50 bits per heavy atom. The second kappa shape index (κ2) is 6.31. The van der Waals surface area contributed by atoms with E-state index >= 15 is 0 Å². The summed E-state index contributed by atoms with van der Waals surface area (Å²) in [6, 6.07) is 14.5. The molecule has 0 unspecified atom stereocenters. The van der Waals surface area contributed by atoms with Gasteiger partial charge in [0.15, 0.2) is 0 Å². The second-order valence-corrected chi connectivity index (χ2v) is 6.65. The Bertz CT molecular complexity index is 1030. The number of benzene rings is 2. The molecule has 3 aromatic rings. The lowest BCUT2D eigenvalue weighted by Gasteiger charge is -2.09. The first-order valence-electron chi connectivity index (χ1n) is 8.05. The second-order valence-electron chi connectivity index (χ2n) is 5.63. The van der Waals surface area contributed by atoms with Gasteiger partial charge in [-0.15, -0.1) is 11.3 Å². The highest BCUT2D eigenvalue weighted by molar-refractivity contribution is 7.17. The first kappa shape index (κ1) is 16.4. The smallest absolute Gasteiger partial charge is 0.348 e. The Balaban J connectivity index is 2.13. The average Bonchev–Trinajstić information content (AvgIpc) is 2.97. The molecule has 130 valence electrons. The minimum atomic E-state index is -1.09. The van der Waals surface area contributed by atoms with Gasteiger partial charge in [-0.2, -0.15) is 0 Å². The minimum Gasteiger partial charge on any atom is -0.477 e. The third-order valence-electron chi connectivity index (χ3n) is 4.10. The van der Waals surface area contributed by atoms with E-state index in [1.54, 1.807) is 25.1 Å². The van der Waals surface area contributed by atoms with Gasteiger partial charge in [-0.25, -0.2) is 9.59 Å². The van der Waals surface area contributed by atoms with Crippen molar-refractivity contribution in [3.8, 4) is 33.8 Å². The molecule has 0 radical (unpaired) electrons. The highest BCUT2D eigenvalue weighted by atomic mass is 32.1. The van der Waals surface area contributed by atoms with Crippen LogP contribution in [0, 0.1) is 0 Å². The van der Waals surface area contributed by atoms with Gasteiger partial charge in [-0.1, -0.05) is 36.4 Å². The fourth-order valence-corrected chi connectivity index (χ4v) is 4.14. The number of rotatable bonds is 3. The van der Waals surface area contributed by atoms with Crippen LogP contribution in [0.4, 0.5) is 0 Å². The number of para-hydroxylation sites is 2. The number of carboxylic acids is 1. The predicted octanol–water partition coefficient (Wildman–Crippen LogP) is 5.06. The highest BCUT2D eigenvalue weighted by Gasteiger charge is 2.33. The van der Waals surface area contributed by atoms with Crippen LogP contribution in [-0.2, 0) is 4.74 Å². The molecule has 0 bridgehead atoms. The van der Waals surface area contributed by atoms with Crippen molar-refractivity contribution in [2.45, 2.75) is 6.92 Å². The number of thiophene rings is 1. The molecule has 6 heteroatoms. The van der Waals surface area contributed by atoms with Crippen molar-refractivity contribution < 1.29 is 24.2 Å². The van der Waals surface area contributed by atoms with E-state index < -0.39 is 11.9 Å². The van der Waals surface area contributed by atoms with Crippen LogP contribution in [0.15, 0.2) is 48.5 Å². The Kier molecular flexibility index (Phi) is 3.97. The van der Waals surface area contributed by atoms with Crippen LogP contribution < -0.4 is 4.74 Å². The van der Waals surface area contributed by atoms with E-state index in [-0.39, 0.29) is 16.4 Å². The lowest BCUT2D eigenvalue weighted by atomic mass is 9.94. The molecule has 1 aliphatic rings. The van der Waals surface area contributed by atoms with Gasteiger partial charge in [-0.3, -0.25) is 0 Å². The van der Waals surface area contributed by atoms with Crippen LogP contribution in [0.2, 0.25) is 0 Å². The fraction of sp³-hybridized carbons (Fsp3) is 0.100. The van der Waals surface area contributed by atoms with E-state index in [1.165, 1.54) is 0 Å². The van der Waals surface area contributed by atoms with Crippen molar-refractivity contribution in [3.05, 3.63) is 58.3 Å². The lowest BCUT2D eigenvalue weighted by molar-refractivity contribution is 0.0532. The van der Waals surface area contributed by atoms with E-state index in [9.17, 15) is 14.7 Å². The summed E-state index contributed by atoms with van der Waals surface area (Å²) < 4.78 is 11.2. The van der Waals surface area contributed by atoms with Gasteiger partial charge in [0.2, 0.25) is 0 Å². The maximum Gasteiger partial charge on any atom is 0.348 e. The monoisotopic (exact) mass is 366 g/mol. The molecule has 2 aromatic carbocycles. The topological polar surface area (TPSA) is 72.8 Å². The number of esters is 1. The number of carboxylic acid groups (broad SMARTS) is 1. The standard InChI is InChI=1S/C20H14O5S/c1-2-24-20(23)18-16-12-8-4-6-10-14(12)25-13-9-5-3-7-11(13)15(16)17(26-18)19(21)22/h3-10H,2H2,1H3,(H,21,22). The Morgan fingerprint density at radius 3 is 2.04 bits per heavy atom. The molecular formula is C20H14O5S. The Morgan fingerprint density at radius 1 is 0.962 bits per heavy atom. The quantitative estimate of drug-likeness (QED) is 0.513. The summed E-state index contributed by atoms with van der Waals surface area (Å²) in [7, 11) is 0. The molecule has 0 saturated heterocycles. The molecule has 0 aliphatic carbocycles. The molecule has 4 rings (SSSR count). The molecule has 2 heterocycles. The zero-order chi connectivity index (χ0) is 18.3. The van der Waals surface area contributed by atoms with E-state index in [2.05, 4.69) is 0 Å². The Labute approximate surface area is 153 Å². The first-order chi connectivity index (χ1) is 12.6.